The van der Waals surface area contributed by atoms with Gasteiger partial charge in [0.2, 0.25) is 0 Å². The number of nitrogens with zero attached hydrogens (tertiary/aromatic N) is 1. The highest BCUT2D eigenvalue weighted by atomic mass is 32.1. The summed E-state index contributed by atoms with van der Waals surface area (Å²) in [5.41, 5.74) is 1.28. The van der Waals surface area contributed by atoms with Gasteiger partial charge in [0, 0.05) is 5.41 Å². The second-order valence-corrected chi connectivity index (χ2v) is 5.21. The summed E-state index contributed by atoms with van der Waals surface area (Å²) in [6.45, 7) is 6.44. The Balaban J connectivity index is 2.50. The maximum Gasteiger partial charge on any atom is 0.0907 e. The van der Waals surface area contributed by atoms with E-state index in [2.05, 4.69) is 43.1 Å². The lowest BCUT2D eigenvalue weighted by Gasteiger charge is -2.11. The molecular formula is C11H13NS. The second kappa shape index (κ2) is 2.81. The molecule has 0 atom stereocenters. The quantitative estimate of drug-likeness (QED) is 0.611. The third-order valence-electron chi connectivity index (χ3n) is 2.12. The Bertz CT molecular complexity index is 349. The first-order valence-corrected chi connectivity index (χ1v) is 5.24. The molecule has 0 unspecified atom stereocenters. The minimum Gasteiger partial charge on any atom is -0.242 e. The minimum absolute atomic E-state index is 0.161. The molecule has 0 amide bonds. The van der Waals surface area contributed by atoms with Gasteiger partial charge in [-0.1, -0.05) is 26.0 Å². The topological polar surface area (TPSA) is 12.9 Å². The van der Waals surface area contributed by atoms with Crippen LogP contribution in [-0.2, 0) is 0 Å². The van der Waals surface area contributed by atoms with Gasteiger partial charge in [0.25, 0.3) is 0 Å². The van der Waals surface area contributed by atoms with Crippen LogP contribution < -0.4 is 0 Å². The molecule has 1 aliphatic carbocycles. The largest absolute Gasteiger partial charge is 0.242 e. The van der Waals surface area contributed by atoms with E-state index in [4.69, 9.17) is 0 Å². The third-order valence-corrected chi connectivity index (χ3v) is 3.07. The molecule has 13 heavy (non-hydrogen) atoms. The molecule has 0 N–H and O–H groups in total. The molecule has 0 radical (unpaired) electrons. The molecule has 0 spiro atoms. The number of rotatable bonds is 0. The van der Waals surface area contributed by atoms with E-state index in [0.717, 1.165) is 10.7 Å². The lowest BCUT2D eigenvalue weighted by molar-refractivity contribution is 0.633. The fourth-order valence-electron chi connectivity index (χ4n) is 1.34. The van der Waals surface area contributed by atoms with Crippen LogP contribution in [0.4, 0.5) is 0 Å². The molecular weight excluding hydrogens is 178 g/mol. The summed E-state index contributed by atoms with van der Waals surface area (Å²) in [5.74, 6) is 0. The molecule has 1 heterocycles. The summed E-state index contributed by atoms with van der Waals surface area (Å²) < 4.78 is 0. The lowest BCUT2D eigenvalue weighted by atomic mass is 9.93. The minimum atomic E-state index is 0.161. The third kappa shape index (κ3) is 1.73. The number of thiazole rings is 1. The Morgan fingerprint density at radius 3 is 2.69 bits per heavy atom. The Labute approximate surface area is 82.8 Å². The van der Waals surface area contributed by atoms with Crippen LogP contribution in [0.15, 0.2) is 12.2 Å². The van der Waals surface area contributed by atoms with Gasteiger partial charge in [0.05, 0.1) is 15.6 Å². The average molecular weight is 191 g/mol. The van der Waals surface area contributed by atoms with E-state index in [9.17, 15) is 0 Å². The van der Waals surface area contributed by atoms with Gasteiger partial charge < -0.3 is 0 Å². The van der Waals surface area contributed by atoms with Crippen molar-refractivity contribution in [3.63, 3.8) is 0 Å². The van der Waals surface area contributed by atoms with E-state index in [1.165, 1.54) is 4.88 Å². The molecule has 1 aromatic heterocycles. The molecule has 0 aliphatic heterocycles. The van der Waals surface area contributed by atoms with Gasteiger partial charge in [0.15, 0.2) is 0 Å². The number of hydrogen-bond donors (Lipinski definition) is 0. The van der Waals surface area contributed by atoms with Crippen molar-refractivity contribution in [2.45, 2.75) is 20.8 Å². The first-order valence-electron chi connectivity index (χ1n) is 4.43. The molecule has 1 aromatic rings. The molecule has 0 aromatic carbocycles. The van der Waals surface area contributed by atoms with Gasteiger partial charge in [-0.3, -0.25) is 0 Å². The maximum absolute atomic E-state index is 4.46. The van der Waals surface area contributed by atoms with Gasteiger partial charge >= 0.3 is 0 Å². The maximum atomic E-state index is 4.46. The molecule has 0 bridgehead atoms. The van der Waals surface area contributed by atoms with Crippen molar-refractivity contribution in [1.29, 1.82) is 0 Å². The van der Waals surface area contributed by atoms with Crippen LogP contribution in [-0.4, -0.2) is 4.98 Å². The predicted molar refractivity (Wildman–Crippen MR) is 58.7 cm³/mol. The van der Waals surface area contributed by atoms with Crippen LogP contribution >= 0.6 is 11.3 Å². The highest BCUT2D eigenvalue weighted by Crippen LogP contribution is 2.30. The number of aryl methyl sites for hydroxylation is 1. The van der Waals surface area contributed by atoms with Crippen LogP contribution in [0.3, 0.4) is 0 Å². The van der Waals surface area contributed by atoms with Crippen LogP contribution in [0.5, 0.6) is 0 Å². The predicted octanol–water partition coefficient (Wildman–Crippen LogP) is 3.52. The van der Waals surface area contributed by atoms with E-state index >= 15 is 0 Å². The van der Waals surface area contributed by atoms with Crippen molar-refractivity contribution in [2.24, 2.45) is 5.41 Å². The monoisotopic (exact) mass is 191 g/mol. The van der Waals surface area contributed by atoms with Crippen LogP contribution in [0.2, 0.25) is 0 Å². The molecule has 2 heteroatoms. The summed E-state index contributed by atoms with van der Waals surface area (Å²) in [5, 5.41) is 1.14. The molecule has 0 saturated carbocycles. The van der Waals surface area contributed by atoms with Crippen molar-refractivity contribution in [3.05, 3.63) is 27.7 Å². The zero-order chi connectivity index (χ0) is 9.47. The normalized spacial score (nSPS) is 18.4. The van der Waals surface area contributed by atoms with E-state index in [0.29, 0.717) is 0 Å². The standard InChI is InChI=1S/C11H13NS/c1-8-12-9-4-6-11(2,3)7-5-10(9)13-8/h4-7H,1-3H3. The molecule has 2 rings (SSSR count). The van der Waals surface area contributed by atoms with Gasteiger partial charge in [-0.15, -0.1) is 11.3 Å². The Morgan fingerprint density at radius 2 is 1.92 bits per heavy atom. The Morgan fingerprint density at radius 1 is 1.23 bits per heavy atom. The zero-order valence-corrected chi connectivity index (χ0v) is 8.98. The van der Waals surface area contributed by atoms with E-state index in [-0.39, 0.29) is 5.41 Å². The van der Waals surface area contributed by atoms with Gasteiger partial charge in [-0.05, 0) is 19.1 Å². The smallest absolute Gasteiger partial charge is 0.0907 e. The van der Waals surface area contributed by atoms with Crippen molar-refractivity contribution in [3.8, 4) is 0 Å². The first kappa shape index (κ1) is 8.70. The number of allylic oxidation sites excluding steroid dienone is 2. The van der Waals surface area contributed by atoms with Crippen molar-refractivity contribution in [2.75, 3.05) is 0 Å². The number of hydrogen-bond acceptors (Lipinski definition) is 2. The summed E-state index contributed by atoms with van der Waals surface area (Å²) in [6.07, 6.45) is 8.74. The number of aromatic nitrogens is 1. The van der Waals surface area contributed by atoms with Crippen LogP contribution in [0, 0.1) is 12.3 Å². The summed E-state index contributed by atoms with van der Waals surface area (Å²) in [6, 6.07) is 0. The SMILES string of the molecule is Cc1nc2c(s1)C=CC(C)(C)C=C2. The van der Waals surface area contributed by atoms with Crippen molar-refractivity contribution < 1.29 is 0 Å². The van der Waals surface area contributed by atoms with Gasteiger partial charge in [-0.2, -0.15) is 0 Å². The lowest BCUT2D eigenvalue weighted by Crippen LogP contribution is -2.00. The highest BCUT2D eigenvalue weighted by molar-refractivity contribution is 7.12. The molecule has 68 valence electrons. The van der Waals surface area contributed by atoms with Gasteiger partial charge in [-0.25, -0.2) is 4.98 Å². The molecule has 1 aliphatic rings. The van der Waals surface area contributed by atoms with E-state index < -0.39 is 0 Å². The van der Waals surface area contributed by atoms with Crippen LogP contribution in [0.25, 0.3) is 12.2 Å². The zero-order valence-electron chi connectivity index (χ0n) is 8.16. The van der Waals surface area contributed by atoms with E-state index in [1.54, 1.807) is 11.3 Å². The Kier molecular flexibility index (Phi) is 1.88. The average Bonchev–Trinajstić information content (AvgIpc) is 2.34. The van der Waals surface area contributed by atoms with Crippen LogP contribution in [0.1, 0.15) is 29.4 Å². The summed E-state index contributed by atoms with van der Waals surface area (Å²) >= 11 is 1.76. The summed E-state index contributed by atoms with van der Waals surface area (Å²) in [7, 11) is 0. The highest BCUT2D eigenvalue weighted by Gasteiger charge is 2.14. The first-order chi connectivity index (χ1) is 6.07. The molecule has 0 saturated heterocycles. The van der Waals surface area contributed by atoms with Gasteiger partial charge in [0.1, 0.15) is 0 Å². The van der Waals surface area contributed by atoms with E-state index in [1.807, 2.05) is 6.92 Å². The Hall–Kier alpha value is -0.890. The van der Waals surface area contributed by atoms with Crippen molar-refractivity contribution in [1.82, 2.24) is 4.98 Å². The molecule has 1 nitrogen and oxygen atoms in total. The fraction of sp³-hybridized carbons (Fsp3) is 0.364. The number of fused-ring (bicyclic) bond motifs is 1. The fourth-order valence-corrected chi connectivity index (χ4v) is 2.15. The second-order valence-electron chi connectivity index (χ2n) is 3.97. The molecule has 0 fully saturated rings. The summed E-state index contributed by atoms with van der Waals surface area (Å²) in [4.78, 5) is 5.73. The van der Waals surface area contributed by atoms with Crippen molar-refractivity contribution >= 4 is 23.5 Å².